The molecule has 4 heteroatoms. The van der Waals surface area contributed by atoms with Gasteiger partial charge in [-0.05, 0) is 29.8 Å². The van der Waals surface area contributed by atoms with Gasteiger partial charge in [0.2, 0.25) is 0 Å². The van der Waals surface area contributed by atoms with Crippen molar-refractivity contribution < 1.29 is 4.39 Å². The highest BCUT2D eigenvalue weighted by molar-refractivity contribution is 7.99. The molecule has 0 radical (unpaired) electrons. The van der Waals surface area contributed by atoms with Crippen LogP contribution in [0.25, 0.3) is 10.9 Å². The highest BCUT2D eigenvalue weighted by Crippen LogP contribution is 2.35. The van der Waals surface area contributed by atoms with Gasteiger partial charge in [-0.3, -0.25) is 0 Å². The summed E-state index contributed by atoms with van der Waals surface area (Å²) in [7, 11) is 0. The molecule has 19 heavy (non-hydrogen) atoms. The first-order valence-corrected chi connectivity index (χ1v) is 6.82. The van der Waals surface area contributed by atoms with Crippen molar-refractivity contribution >= 4 is 22.7 Å². The fourth-order valence-corrected chi connectivity index (χ4v) is 3.12. The third kappa shape index (κ3) is 2.37. The Kier molecular flexibility index (Phi) is 3.27. The Balaban J connectivity index is 2.01. The molecule has 0 spiro atoms. The predicted octanol–water partition coefficient (Wildman–Crippen LogP) is 3.92. The van der Waals surface area contributed by atoms with Crippen molar-refractivity contribution in [3.63, 3.8) is 0 Å². The van der Waals surface area contributed by atoms with Crippen molar-refractivity contribution in [2.75, 3.05) is 0 Å². The van der Waals surface area contributed by atoms with Gasteiger partial charge in [-0.25, -0.2) is 4.39 Å². The van der Waals surface area contributed by atoms with E-state index in [0.29, 0.717) is 6.54 Å². The van der Waals surface area contributed by atoms with Crippen molar-refractivity contribution in [1.29, 1.82) is 0 Å². The number of nitrogens with one attached hydrogen (secondary N) is 1. The second-order valence-electron chi connectivity index (χ2n) is 4.26. The van der Waals surface area contributed by atoms with Gasteiger partial charge in [-0.1, -0.05) is 30.0 Å². The topological polar surface area (TPSA) is 41.8 Å². The summed E-state index contributed by atoms with van der Waals surface area (Å²) in [5.41, 5.74) is 7.67. The molecule has 0 bridgehead atoms. The predicted molar refractivity (Wildman–Crippen MR) is 76.7 cm³/mol. The summed E-state index contributed by atoms with van der Waals surface area (Å²) in [6.45, 7) is 0.514. The Bertz CT molecular complexity index is 721. The summed E-state index contributed by atoms with van der Waals surface area (Å²) in [5.74, 6) is -0.228. The summed E-state index contributed by atoms with van der Waals surface area (Å²) in [4.78, 5) is 5.31. The van der Waals surface area contributed by atoms with Gasteiger partial charge < -0.3 is 10.7 Å². The normalized spacial score (nSPS) is 11.1. The first kappa shape index (κ1) is 12.3. The molecule has 3 aromatic rings. The molecule has 2 aromatic carbocycles. The van der Waals surface area contributed by atoms with E-state index in [1.807, 2.05) is 24.4 Å². The number of H-pyrrole nitrogens is 1. The second kappa shape index (κ2) is 5.07. The average Bonchev–Trinajstić information content (AvgIpc) is 2.82. The van der Waals surface area contributed by atoms with Crippen LogP contribution < -0.4 is 5.73 Å². The average molecular weight is 272 g/mol. The number of hydrogen-bond acceptors (Lipinski definition) is 2. The summed E-state index contributed by atoms with van der Waals surface area (Å²) in [6.07, 6.45) is 1.90. The molecular weight excluding hydrogens is 259 g/mol. The first-order valence-electron chi connectivity index (χ1n) is 6.00. The van der Waals surface area contributed by atoms with E-state index in [-0.39, 0.29) is 5.82 Å². The number of fused-ring (bicyclic) bond motifs is 1. The molecule has 1 aromatic heterocycles. The van der Waals surface area contributed by atoms with Gasteiger partial charge in [-0.2, -0.15) is 0 Å². The Morgan fingerprint density at radius 3 is 2.79 bits per heavy atom. The molecule has 3 rings (SSSR count). The van der Waals surface area contributed by atoms with Gasteiger partial charge in [0, 0.05) is 33.4 Å². The minimum Gasteiger partial charge on any atom is -0.360 e. The summed E-state index contributed by atoms with van der Waals surface area (Å²) in [5, 5.41) is 1.03. The van der Waals surface area contributed by atoms with Crippen molar-refractivity contribution in [3.8, 4) is 0 Å². The van der Waals surface area contributed by atoms with E-state index in [1.54, 1.807) is 17.8 Å². The van der Waals surface area contributed by atoms with E-state index in [2.05, 4.69) is 11.1 Å². The number of nitrogens with two attached hydrogens (primary N) is 1. The maximum Gasteiger partial charge on any atom is 0.125 e. The van der Waals surface area contributed by atoms with Crippen LogP contribution in [0.4, 0.5) is 4.39 Å². The van der Waals surface area contributed by atoms with Gasteiger partial charge in [0.1, 0.15) is 5.82 Å². The van der Waals surface area contributed by atoms with Gasteiger partial charge in [0.05, 0.1) is 0 Å². The maximum atomic E-state index is 13.1. The third-order valence-corrected chi connectivity index (χ3v) is 4.19. The lowest BCUT2D eigenvalue weighted by atomic mass is 10.2. The van der Waals surface area contributed by atoms with Gasteiger partial charge in [0.25, 0.3) is 0 Å². The molecule has 1 heterocycles. The number of benzene rings is 2. The van der Waals surface area contributed by atoms with Crippen molar-refractivity contribution in [1.82, 2.24) is 4.98 Å². The van der Waals surface area contributed by atoms with Crippen LogP contribution in [0.2, 0.25) is 0 Å². The van der Waals surface area contributed by atoms with Crippen LogP contribution in [-0.4, -0.2) is 4.98 Å². The molecule has 0 atom stereocenters. The SMILES string of the molecule is NCc1ccccc1Sc1c[nH]c2cc(F)ccc12. The lowest BCUT2D eigenvalue weighted by molar-refractivity contribution is 0.629. The van der Waals surface area contributed by atoms with E-state index >= 15 is 0 Å². The molecule has 0 saturated carbocycles. The van der Waals surface area contributed by atoms with E-state index in [9.17, 15) is 4.39 Å². The minimum absolute atomic E-state index is 0.228. The zero-order chi connectivity index (χ0) is 13.2. The highest BCUT2D eigenvalue weighted by Gasteiger charge is 2.08. The lowest BCUT2D eigenvalue weighted by Crippen LogP contribution is -1.97. The van der Waals surface area contributed by atoms with Crippen LogP contribution in [-0.2, 0) is 6.54 Å². The highest BCUT2D eigenvalue weighted by atomic mass is 32.2. The Labute approximate surface area is 114 Å². The standard InChI is InChI=1S/C15H13FN2S/c16-11-5-6-12-13(7-11)18-9-15(12)19-14-4-2-1-3-10(14)8-17/h1-7,9,18H,8,17H2. The largest absolute Gasteiger partial charge is 0.360 e. The minimum atomic E-state index is -0.228. The Morgan fingerprint density at radius 2 is 1.95 bits per heavy atom. The van der Waals surface area contributed by atoms with Gasteiger partial charge >= 0.3 is 0 Å². The summed E-state index contributed by atoms with van der Waals surface area (Å²) >= 11 is 1.65. The molecule has 0 fully saturated rings. The van der Waals surface area contributed by atoms with Crippen LogP contribution in [0.1, 0.15) is 5.56 Å². The Hall–Kier alpha value is -1.78. The smallest absolute Gasteiger partial charge is 0.125 e. The fourth-order valence-electron chi connectivity index (χ4n) is 2.05. The fraction of sp³-hybridized carbons (Fsp3) is 0.0667. The van der Waals surface area contributed by atoms with Crippen LogP contribution in [0.5, 0.6) is 0 Å². The molecule has 0 aliphatic heterocycles. The van der Waals surface area contributed by atoms with E-state index in [0.717, 1.165) is 26.3 Å². The molecule has 0 aliphatic rings. The molecule has 2 nitrogen and oxygen atoms in total. The van der Waals surface area contributed by atoms with Crippen LogP contribution in [0.15, 0.2) is 58.5 Å². The molecule has 3 N–H and O–H groups in total. The lowest BCUT2D eigenvalue weighted by Gasteiger charge is -2.06. The number of aromatic amines is 1. The second-order valence-corrected chi connectivity index (χ2v) is 5.34. The maximum absolute atomic E-state index is 13.1. The monoisotopic (exact) mass is 272 g/mol. The number of rotatable bonds is 3. The number of aromatic nitrogens is 1. The zero-order valence-electron chi connectivity index (χ0n) is 10.2. The van der Waals surface area contributed by atoms with Crippen molar-refractivity contribution in [3.05, 3.63) is 60.0 Å². The van der Waals surface area contributed by atoms with E-state index in [1.165, 1.54) is 12.1 Å². The van der Waals surface area contributed by atoms with Gasteiger partial charge in [0.15, 0.2) is 0 Å². The Morgan fingerprint density at radius 1 is 1.11 bits per heavy atom. The summed E-state index contributed by atoms with van der Waals surface area (Å²) in [6, 6.07) is 12.8. The third-order valence-electron chi connectivity index (χ3n) is 3.02. The van der Waals surface area contributed by atoms with Crippen molar-refractivity contribution in [2.24, 2.45) is 5.73 Å². The van der Waals surface area contributed by atoms with E-state index in [4.69, 9.17) is 5.73 Å². The van der Waals surface area contributed by atoms with Crippen molar-refractivity contribution in [2.45, 2.75) is 16.3 Å². The molecule has 0 unspecified atom stereocenters. The van der Waals surface area contributed by atoms with E-state index < -0.39 is 0 Å². The van der Waals surface area contributed by atoms with Crippen LogP contribution >= 0.6 is 11.8 Å². The molecule has 0 amide bonds. The number of halogens is 1. The number of hydrogen-bond donors (Lipinski definition) is 2. The molecular formula is C15H13FN2S. The first-order chi connectivity index (χ1) is 9.28. The zero-order valence-corrected chi connectivity index (χ0v) is 11.0. The quantitative estimate of drug-likeness (QED) is 0.759. The molecule has 0 aliphatic carbocycles. The van der Waals surface area contributed by atoms with Crippen LogP contribution in [0.3, 0.4) is 0 Å². The van der Waals surface area contributed by atoms with Gasteiger partial charge in [-0.15, -0.1) is 0 Å². The van der Waals surface area contributed by atoms with Crippen LogP contribution in [0, 0.1) is 5.82 Å². The molecule has 0 saturated heterocycles. The molecule has 96 valence electrons. The summed E-state index contributed by atoms with van der Waals surface area (Å²) < 4.78 is 13.1.